The molecule has 0 saturated carbocycles. The number of hydrogen-bond donors (Lipinski definition) is 1. The molecule has 1 aromatic heterocycles. The van der Waals surface area contributed by atoms with E-state index in [2.05, 4.69) is 32.0 Å². The van der Waals surface area contributed by atoms with E-state index in [4.69, 9.17) is 0 Å². The van der Waals surface area contributed by atoms with E-state index >= 15 is 0 Å². The molecule has 4 rings (SSSR count). The van der Waals surface area contributed by atoms with Crippen molar-refractivity contribution in [3.63, 3.8) is 0 Å². The van der Waals surface area contributed by atoms with Gasteiger partial charge in [0.1, 0.15) is 0 Å². The number of benzene rings is 3. The Morgan fingerprint density at radius 2 is 1.89 bits per heavy atom. The molecule has 0 unspecified atom stereocenters. The number of aromatic nitrogens is 4. The number of fused-ring (bicyclic) bond motifs is 1. The van der Waals surface area contributed by atoms with Crippen LogP contribution >= 0.6 is 0 Å². The average Bonchev–Trinajstić information content (AvgIpc) is 3.21. The van der Waals surface area contributed by atoms with Crippen LogP contribution in [-0.4, -0.2) is 21.4 Å². The topological polar surface area (TPSA) is 81.9 Å². The fraction of sp³-hybridized carbons (Fsp3) is 0.143. The molecule has 134 valence electrons. The predicted octanol–water partition coefficient (Wildman–Crippen LogP) is 3.26. The molecule has 1 N–H and O–H groups in total. The van der Waals surface area contributed by atoms with Gasteiger partial charge < -0.3 is 10.4 Å². The van der Waals surface area contributed by atoms with E-state index in [0.717, 1.165) is 27.6 Å². The molecule has 27 heavy (non-hydrogen) atoms. The van der Waals surface area contributed by atoms with Crippen molar-refractivity contribution in [2.45, 2.75) is 19.3 Å². The molecule has 3 aromatic carbocycles. The van der Waals surface area contributed by atoms with Crippen molar-refractivity contribution in [1.29, 1.82) is 0 Å². The molecule has 0 aliphatic carbocycles. The quantitative estimate of drug-likeness (QED) is 0.593. The molecule has 4 aromatic rings. The van der Waals surface area contributed by atoms with Gasteiger partial charge in [0.15, 0.2) is 0 Å². The number of rotatable bonds is 5. The van der Waals surface area contributed by atoms with Gasteiger partial charge in [0, 0.05) is 16.9 Å². The van der Waals surface area contributed by atoms with Gasteiger partial charge in [-0.2, -0.15) is 5.21 Å². The minimum Gasteiger partial charge on any atom is -0.335 e. The lowest BCUT2D eigenvalue weighted by atomic mass is 9.96. The van der Waals surface area contributed by atoms with Gasteiger partial charge in [0.2, 0.25) is 5.91 Å². The highest BCUT2D eigenvalue weighted by Crippen LogP contribution is 2.25. The summed E-state index contributed by atoms with van der Waals surface area (Å²) in [5.74, 6) is -0.419. The summed E-state index contributed by atoms with van der Waals surface area (Å²) in [5.41, 5.74) is 2.94. The first-order valence-electron chi connectivity index (χ1n) is 8.73. The Kier molecular flexibility index (Phi) is 4.61. The van der Waals surface area contributed by atoms with Crippen molar-refractivity contribution in [3.05, 3.63) is 83.7 Å². The molecule has 0 aliphatic rings. The molecular formula is C21H18N5O-. The molecule has 0 aliphatic heterocycles. The normalized spacial score (nSPS) is 12.0. The molecule has 1 atom stereocenters. The number of nitrogens with zero attached hydrogens (tertiary/aromatic N) is 4. The number of nitrogens with one attached hydrogen (secondary N) is 1. The number of tetrazole rings is 1. The molecule has 1 heterocycles. The zero-order valence-corrected chi connectivity index (χ0v) is 14.8. The maximum Gasteiger partial charge on any atom is 0.232 e. The SMILES string of the molecule is Cc1cccc(C[C@H](C(=O)Nc2cccc3ccccc23)c2nnn[n-]2)c1. The summed E-state index contributed by atoms with van der Waals surface area (Å²) < 4.78 is 0. The van der Waals surface area contributed by atoms with Crippen molar-refractivity contribution >= 4 is 22.4 Å². The highest BCUT2D eigenvalue weighted by molar-refractivity contribution is 6.04. The summed E-state index contributed by atoms with van der Waals surface area (Å²) in [4.78, 5) is 13.1. The van der Waals surface area contributed by atoms with Crippen LogP contribution in [0.25, 0.3) is 10.8 Å². The van der Waals surface area contributed by atoms with E-state index in [9.17, 15) is 4.79 Å². The van der Waals surface area contributed by atoms with E-state index in [1.807, 2.05) is 67.6 Å². The Bertz CT molecular complexity index is 1070. The molecule has 0 bridgehead atoms. The number of aryl methyl sites for hydroxylation is 1. The standard InChI is InChI=1S/C21H19N5O/c1-14-6-4-7-15(12-14)13-18(20-23-25-26-24-20)21(27)22-19-11-5-9-16-8-2-3-10-17(16)19/h2-12,18H,13H2,1H3,(H2,22,23,24,25,26,27)/p-1/t18-/m0/s1. The Morgan fingerprint density at radius 3 is 2.70 bits per heavy atom. The lowest BCUT2D eigenvalue weighted by molar-refractivity contribution is -0.117. The largest absolute Gasteiger partial charge is 0.335 e. The molecule has 1 amide bonds. The van der Waals surface area contributed by atoms with Crippen LogP contribution in [0.2, 0.25) is 0 Å². The summed E-state index contributed by atoms with van der Waals surface area (Å²) in [6.07, 6.45) is 0.478. The molecular weight excluding hydrogens is 338 g/mol. The predicted molar refractivity (Wildman–Crippen MR) is 103 cm³/mol. The average molecular weight is 356 g/mol. The third kappa shape index (κ3) is 3.69. The first kappa shape index (κ1) is 16.9. The number of carbonyl (C=O) groups is 1. The Morgan fingerprint density at radius 1 is 1.07 bits per heavy atom. The van der Waals surface area contributed by atoms with Gasteiger partial charge in [-0.3, -0.25) is 15.1 Å². The third-order valence-electron chi connectivity index (χ3n) is 4.53. The monoisotopic (exact) mass is 356 g/mol. The highest BCUT2D eigenvalue weighted by atomic mass is 16.1. The summed E-state index contributed by atoms with van der Waals surface area (Å²) in [6.45, 7) is 2.02. The van der Waals surface area contributed by atoms with Crippen LogP contribution in [0.3, 0.4) is 0 Å². The number of amides is 1. The van der Waals surface area contributed by atoms with Gasteiger partial charge in [0.25, 0.3) is 0 Å². The van der Waals surface area contributed by atoms with E-state index in [0.29, 0.717) is 12.2 Å². The van der Waals surface area contributed by atoms with Crippen LogP contribution in [0.5, 0.6) is 0 Å². The number of anilines is 1. The first-order chi connectivity index (χ1) is 13.2. The lowest BCUT2D eigenvalue weighted by Gasteiger charge is -2.18. The molecule has 6 heteroatoms. The third-order valence-corrected chi connectivity index (χ3v) is 4.53. The Balaban J connectivity index is 1.64. The molecule has 0 radical (unpaired) electrons. The van der Waals surface area contributed by atoms with Crippen LogP contribution in [-0.2, 0) is 11.2 Å². The van der Waals surface area contributed by atoms with Gasteiger partial charge in [0.05, 0.1) is 5.92 Å². The van der Waals surface area contributed by atoms with Crippen LogP contribution < -0.4 is 10.4 Å². The molecule has 0 spiro atoms. The summed E-state index contributed by atoms with van der Waals surface area (Å²) in [7, 11) is 0. The van der Waals surface area contributed by atoms with Crippen LogP contribution in [0, 0.1) is 6.92 Å². The van der Waals surface area contributed by atoms with Crippen LogP contribution in [0.1, 0.15) is 22.9 Å². The van der Waals surface area contributed by atoms with E-state index in [1.165, 1.54) is 0 Å². The van der Waals surface area contributed by atoms with Crippen molar-refractivity contribution in [2.75, 3.05) is 5.32 Å². The highest BCUT2D eigenvalue weighted by Gasteiger charge is 2.21. The zero-order valence-electron chi connectivity index (χ0n) is 14.8. The van der Waals surface area contributed by atoms with Gasteiger partial charge in [-0.1, -0.05) is 66.2 Å². The van der Waals surface area contributed by atoms with Gasteiger partial charge >= 0.3 is 0 Å². The Labute approximate surface area is 156 Å². The minimum atomic E-state index is -0.569. The Hall–Kier alpha value is -3.54. The van der Waals surface area contributed by atoms with Crippen LogP contribution in [0.15, 0.2) is 66.7 Å². The summed E-state index contributed by atoms with van der Waals surface area (Å²) in [5, 5.41) is 20.0. The number of carbonyl (C=O) groups excluding carboxylic acids is 1. The second-order valence-electron chi connectivity index (χ2n) is 6.50. The van der Waals surface area contributed by atoms with Crippen molar-refractivity contribution < 1.29 is 4.79 Å². The maximum atomic E-state index is 13.1. The van der Waals surface area contributed by atoms with Gasteiger partial charge in [-0.15, -0.1) is 0 Å². The fourth-order valence-electron chi connectivity index (χ4n) is 3.22. The van der Waals surface area contributed by atoms with E-state index < -0.39 is 5.92 Å². The zero-order chi connectivity index (χ0) is 18.6. The second-order valence-corrected chi connectivity index (χ2v) is 6.50. The number of hydrogen-bond acceptors (Lipinski definition) is 4. The van der Waals surface area contributed by atoms with Gasteiger partial charge in [-0.05, 0) is 30.4 Å². The van der Waals surface area contributed by atoms with E-state index in [1.54, 1.807) is 0 Å². The maximum absolute atomic E-state index is 13.1. The smallest absolute Gasteiger partial charge is 0.232 e. The molecule has 0 saturated heterocycles. The molecule has 0 fully saturated rings. The van der Waals surface area contributed by atoms with Gasteiger partial charge in [-0.25, -0.2) is 0 Å². The van der Waals surface area contributed by atoms with Crippen molar-refractivity contribution in [3.8, 4) is 0 Å². The lowest BCUT2D eigenvalue weighted by Crippen LogP contribution is -2.24. The van der Waals surface area contributed by atoms with E-state index in [-0.39, 0.29) is 5.91 Å². The molecule has 6 nitrogen and oxygen atoms in total. The second kappa shape index (κ2) is 7.37. The summed E-state index contributed by atoms with van der Waals surface area (Å²) >= 11 is 0. The van der Waals surface area contributed by atoms with Crippen molar-refractivity contribution in [2.24, 2.45) is 0 Å². The fourth-order valence-corrected chi connectivity index (χ4v) is 3.22. The van der Waals surface area contributed by atoms with Crippen molar-refractivity contribution in [1.82, 2.24) is 20.6 Å². The summed E-state index contributed by atoms with van der Waals surface area (Å²) in [6, 6.07) is 21.8. The van der Waals surface area contributed by atoms with Crippen LogP contribution in [0.4, 0.5) is 5.69 Å². The minimum absolute atomic E-state index is 0.178. The first-order valence-corrected chi connectivity index (χ1v) is 8.73.